The van der Waals surface area contributed by atoms with Crippen LogP contribution in [0.1, 0.15) is 5.82 Å². The molecule has 4 rings (SSSR count). The topological polar surface area (TPSA) is 71.8 Å². The average Bonchev–Trinajstić information content (AvgIpc) is 3.05. The predicted octanol–water partition coefficient (Wildman–Crippen LogP) is 2.63. The van der Waals surface area contributed by atoms with Crippen LogP contribution in [0.15, 0.2) is 30.3 Å². The molecule has 1 N–H and O–H groups in total. The van der Waals surface area contributed by atoms with Crippen LogP contribution in [0.3, 0.4) is 0 Å². The number of nitrogens with zero attached hydrogens (tertiary/aromatic N) is 5. The zero-order valence-electron chi connectivity index (χ0n) is 10.5. The minimum absolute atomic E-state index is 0.462. The first-order valence-electron chi connectivity index (χ1n) is 6.06. The van der Waals surface area contributed by atoms with Crippen molar-refractivity contribution in [3.8, 4) is 11.4 Å². The molecule has 98 valence electrons. The number of para-hydroxylation sites is 2. The van der Waals surface area contributed by atoms with E-state index in [0.29, 0.717) is 22.2 Å². The lowest BCUT2D eigenvalue weighted by Gasteiger charge is -2.05. The van der Waals surface area contributed by atoms with Gasteiger partial charge >= 0.3 is 0 Å². The molecule has 0 unspecified atom stereocenters. The highest BCUT2D eigenvalue weighted by Gasteiger charge is 2.16. The first-order valence-corrected chi connectivity index (χ1v) is 6.43. The highest BCUT2D eigenvalue weighted by atomic mass is 35.5. The van der Waals surface area contributed by atoms with E-state index < -0.39 is 0 Å². The molecular weight excluding hydrogens is 276 g/mol. The normalized spacial score (nSPS) is 11.5. The lowest BCUT2D eigenvalue weighted by molar-refractivity contribution is 1.02. The van der Waals surface area contributed by atoms with E-state index in [4.69, 9.17) is 11.6 Å². The van der Waals surface area contributed by atoms with Gasteiger partial charge in [-0.15, -0.1) is 10.2 Å². The van der Waals surface area contributed by atoms with Crippen LogP contribution >= 0.6 is 11.6 Å². The zero-order chi connectivity index (χ0) is 13.7. The van der Waals surface area contributed by atoms with Crippen molar-refractivity contribution in [1.29, 1.82) is 0 Å². The van der Waals surface area contributed by atoms with Gasteiger partial charge in [-0.05, 0) is 19.1 Å². The van der Waals surface area contributed by atoms with Crippen molar-refractivity contribution >= 4 is 28.3 Å². The molecule has 0 aliphatic rings. The SMILES string of the molecule is Cc1nnc2c(-c3cc(Cl)[nH]n3)nc3ccccc3n12. The molecule has 0 saturated carbocycles. The van der Waals surface area contributed by atoms with Crippen LogP contribution < -0.4 is 0 Å². The molecule has 0 aliphatic heterocycles. The van der Waals surface area contributed by atoms with Gasteiger partial charge in [0, 0.05) is 6.07 Å². The fourth-order valence-electron chi connectivity index (χ4n) is 2.31. The molecule has 0 bridgehead atoms. The van der Waals surface area contributed by atoms with Crippen LogP contribution in [0.5, 0.6) is 0 Å². The molecule has 0 radical (unpaired) electrons. The Kier molecular flexibility index (Phi) is 2.28. The van der Waals surface area contributed by atoms with Gasteiger partial charge in [-0.1, -0.05) is 23.7 Å². The summed E-state index contributed by atoms with van der Waals surface area (Å²) in [6, 6.07) is 9.58. The summed E-state index contributed by atoms with van der Waals surface area (Å²) < 4.78 is 1.97. The number of benzene rings is 1. The van der Waals surface area contributed by atoms with E-state index in [1.165, 1.54) is 0 Å². The second-order valence-electron chi connectivity index (χ2n) is 4.46. The average molecular weight is 285 g/mol. The van der Waals surface area contributed by atoms with Gasteiger partial charge in [-0.3, -0.25) is 9.50 Å². The van der Waals surface area contributed by atoms with Gasteiger partial charge in [0.05, 0.1) is 11.0 Å². The number of aromatic nitrogens is 6. The first kappa shape index (κ1) is 11.4. The third-order valence-electron chi connectivity index (χ3n) is 3.18. The van der Waals surface area contributed by atoms with Gasteiger partial charge in [0.1, 0.15) is 22.4 Å². The van der Waals surface area contributed by atoms with Gasteiger partial charge in [-0.25, -0.2) is 4.98 Å². The van der Waals surface area contributed by atoms with E-state index in [0.717, 1.165) is 16.9 Å². The second kappa shape index (κ2) is 4.01. The van der Waals surface area contributed by atoms with E-state index in [1.54, 1.807) is 6.07 Å². The Hall–Kier alpha value is -2.47. The molecular formula is C13H9ClN6. The van der Waals surface area contributed by atoms with Gasteiger partial charge in [-0.2, -0.15) is 5.10 Å². The molecule has 0 saturated heterocycles. The summed E-state index contributed by atoms with van der Waals surface area (Å²) in [6.07, 6.45) is 0. The van der Waals surface area contributed by atoms with Crippen molar-refractivity contribution in [2.75, 3.05) is 0 Å². The smallest absolute Gasteiger partial charge is 0.189 e. The van der Waals surface area contributed by atoms with E-state index in [2.05, 4.69) is 25.4 Å². The third kappa shape index (κ3) is 1.51. The minimum Gasteiger partial charge on any atom is -0.276 e. The van der Waals surface area contributed by atoms with E-state index in [1.807, 2.05) is 35.6 Å². The van der Waals surface area contributed by atoms with Crippen molar-refractivity contribution < 1.29 is 0 Å². The van der Waals surface area contributed by atoms with Crippen molar-refractivity contribution in [1.82, 2.24) is 29.8 Å². The van der Waals surface area contributed by atoms with Crippen LogP contribution in [-0.4, -0.2) is 29.8 Å². The van der Waals surface area contributed by atoms with Crippen LogP contribution in [0.2, 0.25) is 5.15 Å². The maximum absolute atomic E-state index is 5.90. The Morgan fingerprint density at radius 3 is 2.85 bits per heavy atom. The molecule has 1 aromatic carbocycles. The minimum atomic E-state index is 0.462. The summed E-state index contributed by atoms with van der Waals surface area (Å²) in [5.41, 5.74) is 3.81. The number of halogens is 1. The maximum atomic E-state index is 5.90. The highest BCUT2D eigenvalue weighted by molar-refractivity contribution is 6.29. The lowest BCUT2D eigenvalue weighted by atomic mass is 10.2. The van der Waals surface area contributed by atoms with Crippen LogP contribution in [-0.2, 0) is 0 Å². The first-order chi connectivity index (χ1) is 9.74. The fourth-order valence-corrected chi connectivity index (χ4v) is 2.46. The molecule has 0 spiro atoms. The van der Waals surface area contributed by atoms with Gasteiger partial charge < -0.3 is 0 Å². The van der Waals surface area contributed by atoms with Crippen molar-refractivity contribution in [3.05, 3.63) is 41.3 Å². The number of aromatic amines is 1. The maximum Gasteiger partial charge on any atom is 0.189 e. The molecule has 20 heavy (non-hydrogen) atoms. The van der Waals surface area contributed by atoms with Crippen LogP contribution in [0.25, 0.3) is 28.1 Å². The summed E-state index contributed by atoms with van der Waals surface area (Å²) in [5.74, 6) is 0.807. The van der Waals surface area contributed by atoms with E-state index >= 15 is 0 Å². The molecule has 0 amide bonds. The van der Waals surface area contributed by atoms with E-state index in [-0.39, 0.29) is 0 Å². The largest absolute Gasteiger partial charge is 0.276 e. The number of nitrogens with one attached hydrogen (secondary N) is 1. The Morgan fingerprint density at radius 1 is 1.20 bits per heavy atom. The summed E-state index contributed by atoms with van der Waals surface area (Å²) in [5, 5.41) is 15.7. The quantitative estimate of drug-likeness (QED) is 0.583. The van der Waals surface area contributed by atoms with Crippen molar-refractivity contribution in [2.24, 2.45) is 0 Å². The van der Waals surface area contributed by atoms with Crippen molar-refractivity contribution in [3.63, 3.8) is 0 Å². The van der Waals surface area contributed by atoms with Gasteiger partial charge in [0.15, 0.2) is 5.65 Å². The summed E-state index contributed by atoms with van der Waals surface area (Å²) in [7, 11) is 0. The van der Waals surface area contributed by atoms with Crippen LogP contribution in [0, 0.1) is 6.92 Å². The molecule has 0 fully saturated rings. The number of aryl methyl sites for hydroxylation is 1. The molecule has 6 nitrogen and oxygen atoms in total. The number of hydrogen-bond acceptors (Lipinski definition) is 4. The fraction of sp³-hybridized carbons (Fsp3) is 0.0769. The summed E-state index contributed by atoms with van der Waals surface area (Å²) >= 11 is 5.90. The molecule has 4 aromatic rings. The molecule has 0 aliphatic carbocycles. The van der Waals surface area contributed by atoms with Crippen LogP contribution in [0.4, 0.5) is 0 Å². The Morgan fingerprint density at radius 2 is 2.05 bits per heavy atom. The Labute approximate surface area is 118 Å². The van der Waals surface area contributed by atoms with E-state index in [9.17, 15) is 0 Å². The molecule has 3 heterocycles. The third-order valence-corrected chi connectivity index (χ3v) is 3.37. The van der Waals surface area contributed by atoms with Gasteiger partial charge in [0.2, 0.25) is 0 Å². The lowest BCUT2D eigenvalue weighted by Crippen LogP contribution is -1.97. The summed E-state index contributed by atoms with van der Waals surface area (Å²) in [6.45, 7) is 1.91. The second-order valence-corrected chi connectivity index (χ2v) is 4.86. The number of rotatable bonds is 1. The standard InChI is InChI=1S/C13H9ClN6/c1-7-16-19-13-12(9-6-11(14)18-17-9)15-8-4-2-3-5-10(8)20(7)13/h2-6H,1H3,(H,17,18). The number of fused-ring (bicyclic) bond motifs is 3. The molecule has 0 atom stereocenters. The monoisotopic (exact) mass is 284 g/mol. The van der Waals surface area contributed by atoms with Crippen molar-refractivity contribution in [2.45, 2.75) is 6.92 Å². The Bertz CT molecular complexity index is 938. The predicted molar refractivity (Wildman–Crippen MR) is 75.6 cm³/mol. The summed E-state index contributed by atoms with van der Waals surface area (Å²) in [4.78, 5) is 4.64. The number of hydrogen-bond donors (Lipinski definition) is 1. The zero-order valence-corrected chi connectivity index (χ0v) is 11.3. The Balaban J connectivity index is 2.19. The van der Waals surface area contributed by atoms with Gasteiger partial charge in [0.25, 0.3) is 0 Å². The number of H-pyrrole nitrogens is 1. The molecule has 3 aromatic heterocycles. The molecule has 7 heteroatoms. The highest BCUT2D eigenvalue weighted by Crippen LogP contribution is 2.26.